The van der Waals surface area contributed by atoms with Gasteiger partial charge in [-0.1, -0.05) is 55.3 Å². The van der Waals surface area contributed by atoms with Crippen molar-refractivity contribution < 1.29 is 0 Å². The van der Waals surface area contributed by atoms with Gasteiger partial charge in [0.05, 0.1) is 21.6 Å². The van der Waals surface area contributed by atoms with E-state index in [1.54, 1.807) is 16.3 Å². The first kappa shape index (κ1) is 20.1. The molecule has 0 unspecified atom stereocenters. The molecule has 158 valence electrons. The van der Waals surface area contributed by atoms with E-state index in [9.17, 15) is 4.79 Å². The maximum Gasteiger partial charge on any atom is 0.262 e. The summed E-state index contributed by atoms with van der Waals surface area (Å²) in [6.45, 7) is 2.79. The van der Waals surface area contributed by atoms with Gasteiger partial charge in [-0.3, -0.25) is 13.8 Å². The number of nitrogens with zero attached hydrogens (tertiary/aromatic N) is 6. The number of pyridine rings is 1. The zero-order valence-electron chi connectivity index (χ0n) is 17.0. The van der Waals surface area contributed by atoms with E-state index >= 15 is 0 Å². The SMILES string of the molecule is CCCCCn1c(=O)c2ccccc2n2c(SCc3cn4cc(Cl)ccc4n3)nnc12. The van der Waals surface area contributed by atoms with Crippen LogP contribution in [0.5, 0.6) is 0 Å². The number of fused-ring (bicyclic) bond motifs is 4. The number of thioether (sulfide) groups is 1. The molecule has 0 aliphatic heterocycles. The topological polar surface area (TPSA) is 69.5 Å². The van der Waals surface area contributed by atoms with Crippen LogP contribution in [0.2, 0.25) is 5.02 Å². The minimum absolute atomic E-state index is 0.0135. The Morgan fingerprint density at radius 3 is 2.81 bits per heavy atom. The van der Waals surface area contributed by atoms with E-state index in [4.69, 9.17) is 11.6 Å². The lowest BCUT2D eigenvalue weighted by atomic mass is 10.2. The van der Waals surface area contributed by atoms with Gasteiger partial charge in [0.2, 0.25) is 5.78 Å². The highest BCUT2D eigenvalue weighted by atomic mass is 35.5. The summed E-state index contributed by atoms with van der Waals surface area (Å²) in [5, 5.41) is 10.9. The van der Waals surface area contributed by atoms with Gasteiger partial charge in [0.1, 0.15) is 5.65 Å². The molecule has 1 aromatic carbocycles. The third kappa shape index (κ3) is 3.70. The van der Waals surface area contributed by atoms with Crippen molar-refractivity contribution in [2.24, 2.45) is 0 Å². The second-order valence-corrected chi connectivity index (χ2v) is 8.81. The molecule has 0 saturated heterocycles. The number of benzene rings is 1. The monoisotopic (exact) mass is 452 g/mol. The summed E-state index contributed by atoms with van der Waals surface area (Å²) in [5.41, 5.74) is 2.58. The molecule has 0 fully saturated rings. The molecule has 31 heavy (non-hydrogen) atoms. The summed E-state index contributed by atoms with van der Waals surface area (Å²) in [7, 11) is 0. The fourth-order valence-electron chi connectivity index (χ4n) is 3.77. The molecule has 0 aliphatic rings. The minimum atomic E-state index is -0.0135. The predicted molar refractivity (Wildman–Crippen MR) is 124 cm³/mol. The standard InChI is InChI=1S/C22H21ClN6OS/c1-2-3-6-11-28-20(30)17-7-4-5-8-18(17)29-21(28)25-26-22(29)31-14-16-13-27-12-15(23)9-10-19(27)24-16/h4-5,7-10,12-13H,2-3,6,11,14H2,1H3. The van der Waals surface area contributed by atoms with Crippen molar-refractivity contribution in [3.63, 3.8) is 0 Å². The number of hydrogen-bond donors (Lipinski definition) is 0. The van der Waals surface area contributed by atoms with E-state index in [1.165, 1.54) is 0 Å². The molecule has 0 amide bonds. The fourth-order valence-corrected chi connectivity index (χ4v) is 4.77. The van der Waals surface area contributed by atoms with Gasteiger partial charge in [-0.25, -0.2) is 4.98 Å². The van der Waals surface area contributed by atoms with Crippen molar-refractivity contribution in [2.45, 2.75) is 43.6 Å². The Hall–Kier alpha value is -2.84. The van der Waals surface area contributed by atoms with Gasteiger partial charge in [-0.15, -0.1) is 10.2 Å². The second kappa shape index (κ2) is 8.36. The van der Waals surface area contributed by atoms with Crippen molar-refractivity contribution in [1.82, 2.24) is 28.5 Å². The molecule has 0 atom stereocenters. The number of aryl methyl sites for hydroxylation is 1. The molecule has 7 nitrogen and oxygen atoms in total. The quantitative estimate of drug-likeness (QED) is 0.261. The van der Waals surface area contributed by atoms with Crippen LogP contribution in [0.25, 0.3) is 22.3 Å². The van der Waals surface area contributed by atoms with E-state index in [1.807, 2.05) is 57.6 Å². The molecule has 4 aromatic heterocycles. The molecule has 0 aliphatic carbocycles. The van der Waals surface area contributed by atoms with Gasteiger partial charge >= 0.3 is 0 Å². The van der Waals surface area contributed by atoms with Gasteiger partial charge < -0.3 is 4.40 Å². The van der Waals surface area contributed by atoms with Crippen LogP contribution in [0.3, 0.4) is 0 Å². The zero-order valence-corrected chi connectivity index (χ0v) is 18.6. The smallest absolute Gasteiger partial charge is 0.262 e. The van der Waals surface area contributed by atoms with Gasteiger partial charge in [-0.05, 0) is 30.7 Å². The number of imidazole rings is 1. The van der Waals surface area contributed by atoms with Crippen LogP contribution in [0, 0.1) is 0 Å². The van der Waals surface area contributed by atoms with Crippen molar-refractivity contribution in [3.8, 4) is 0 Å². The van der Waals surface area contributed by atoms with Gasteiger partial charge in [-0.2, -0.15) is 0 Å². The molecule has 0 saturated carbocycles. The summed E-state index contributed by atoms with van der Waals surface area (Å²) >= 11 is 7.63. The second-order valence-electron chi connectivity index (χ2n) is 7.43. The summed E-state index contributed by atoms with van der Waals surface area (Å²) in [4.78, 5) is 17.8. The first-order valence-electron chi connectivity index (χ1n) is 10.3. The Balaban J connectivity index is 1.54. The van der Waals surface area contributed by atoms with Crippen LogP contribution in [0.15, 0.2) is 58.7 Å². The lowest BCUT2D eigenvalue weighted by Crippen LogP contribution is -2.23. The highest BCUT2D eigenvalue weighted by Gasteiger charge is 2.17. The summed E-state index contributed by atoms with van der Waals surface area (Å²) in [6, 6.07) is 11.4. The van der Waals surface area contributed by atoms with Gasteiger partial charge in [0.25, 0.3) is 5.56 Å². The summed E-state index contributed by atoms with van der Waals surface area (Å²) < 4.78 is 5.66. The molecule has 9 heteroatoms. The Morgan fingerprint density at radius 2 is 1.94 bits per heavy atom. The number of unbranched alkanes of at least 4 members (excludes halogenated alkanes) is 2. The van der Waals surface area contributed by atoms with E-state index in [2.05, 4.69) is 22.1 Å². The van der Waals surface area contributed by atoms with Crippen molar-refractivity contribution in [3.05, 3.63) is 69.9 Å². The number of para-hydroxylation sites is 1. The Bertz CT molecular complexity index is 1450. The minimum Gasteiger partial charge on any atom is -0.305 e. The highest BCUT2D eigenvalue weighted by molar-refractivity contribution is 7.98. The number of halogens is 1. The lowest BCUT2D eigenvalue weighted by Gasteiger charge is -2.11. The van der Waals surface area contributed by atoms with Crippen molar-refractivity contribution in [2.75, 3.05) is 0 Å². The van der Waals surface area contributed by atoms with Crippen LogP contribution in [0.4, 0.5) is 0 Å². The third-order valence-electron chi connectivity index (χ3n) is 5.28. The molecule has 5 rings (SSSR count). The highest BCUT2D eigenvalue weighted by Crippen LogP contribution is 2.25. The van der Waals surface area contributed by atoms with Crippen LogP contribution < -0.4 is 5.56 Å². The summed E-state index contributed by atoms with van der Waals surface area (Å²) in [6.07, 6.45) is 6.91. The normalized spacial score (nSPS) is 11.8. The van der Waals surface area contributed by atoms with Crippen molar-refractivity contribution >= 4 is 45.7 Å². The third-order valence-corrected chi connectivity index (χ3v) is 6.46. The lowest BCUT2D eigenvalue weighted by molar-refractivity contribution is 0.594. The molecule has 0 bridgehead atoms. The fraction of sp³-hybridized carbons (Fsp3) is 0.273. The molecule has 0 N–H and O–H groups in total. The van der Waals surface area contributed by atoms with Gasteiger partial charge in [0, 0.05) is 24.7 Å². The number of hydrogen-bond acceptors (Lipinski definition) is 5. The largest absolute Gasteiger partial charge is 0.305 e. The maximum absolute atomic E-state index is 13.1. The van der Waals surface area contributed by atoms with Gasteiger partial charge in [0.15, 0.2) is 5.16 Å². The van der Waals surface area contributed by atoms with E-state index in [-0.39, 0.29) is 5.56 Å². The van der Waals surface area contributed by atoms with Crippen LogP contribution in [-0.2, 0) is 12.3 Å². The molecule has 5 aromatic rings. The number of rotatable bonds is 7. The van der Waals surface area contributed by atoms with Crippen LogP contribution >= 0.6 is 23.4 Å². The molecular weight excluding hydrogens is 432 g/mol. The number of aromatic nitrogens is 6. The van der Waals surface area contributed by atoms with Crippen LogP contribution in [-0.4, -0.2) is 28.5 Å². The molecular formula is C22H21ClN6OS. The van der Waals surface area contributed by atoms with E-state index in [0.29, 0.717) is 28.5 Å². The molecule has 0 radical (unpaired) electrons. The van der Waals surface area contributed by atoms with E-state index < -0.39 is 0 Å². The predicted octanol–water partition coefficient (Wildman–Crippen LogP) is 4.83. The van der Waals surface area contributed by atoms with Crippen molar-refractivity contribution in [1.29, 1.82) is 0 Å². The van der Waals surface area contributed by atoms with E-state index in [0.717, 1.165) is 41.3 Å². The first-order valence-corrected chi connectivity index (χ1v) is 11.6. The first-order chi connectivity index (χ1) is 15.2. The summed E-state index contributed by atoms with van der Waals surface area (Å²) in [5.74, 6) is 1.22. The zero-order chi connectivity index (χ0) is 21.4. The Labute approximate surface area is 187 Å². The molecule has 0 spiro atoms. The van der Waals surface area contributed by atoms with Crippen LogP contribution in [0.1, 0.15) is 31.9 Å². The Kier molecular flexibility index (Phi) is 5.41. The Morgan fingerprint density at radius 1 is 1.06 bits per heavy atom. The molecule has 4 heterocycles. The average molecular weight is 453 g/mol. The maximum atomic E-state index is 13.1. The average Bonchev–Trinajstić information content (AvgIpc) is 3.38.